The van der Waals surface area contributed by atoms with E-state index in [4.69, 9.17) is 13.8 Å². The largest absolute Gasteiger partial charge is 0.472 e. The van der Waals surface area contributed by atoms with Crippen LogP contribution in [0.5, 0.6) is 0 Å². The number of hydrogen-bond donors (Lipinski definition) is 2. The lowest BCUT2D eigenvalue weighted by molar-refractivity contribution is -0.870. The van der Waals surface area contributed by atoms with Gasteiger partial charge in [-0.2, -0.15) is 0 Å². The van der Waals surface area contributed by atoms with E-state index in [9.17, 15) is 19.0 Å². The molecule has 0 spiro atoms. The first kappa shape index (κ1) is 65.7. The van der Waals surface area contributed by atoms with Gasteiger partial charge in [-0.15, -0.1) is 0 Å². The van der Waals surface area contributed by atoms with Crippen molar-refractivity contribution in [2.24, 2.45) is 0 Å². The Morgan fingerprint density at radius 3 is 1.44 bits per heavy atom. The molecule has 1 amide bonds. The van der Waals surface area contributed by atoms with Gasteiger partial charge in [0.15, 0.2) is 0 Å². The van der Waals surface area contributed by atoms with Crippen LogP contribution in [0.4, 0.5) is 0 Å². The zero-order valence-electron chi connectivity index (χ0n) is 45.1. The molecule has 0 aliphatic rings. The van der Waals surface area contributed by atoms with Crippen LogP contribution < -0.4 is 5.32 Å². The molecule has 0 aromatic rings. The van der Waals surface area contributed by atoms with Crippen molar-refractivity contribution in [3.63, 3.8) is 0 Å². The summed E-state index contributed by atoms with van der Waals surface area (Å²) in [5.41, 5.74) is 0. The Morgan fingerprint density at radius 2 is 0.956 bits per heavy atom. The number of nitrogens with one attached hydrogen (secondary N) is 1. The van der Waals surface area contributed by atoms with Gasteiger partial charge in [-0.05, 0) is 76.7 Å². The van der Waals surface area contributed by atoms with E-state index in [1.165, 1.54) is 141 Å². The van der Waals surface area contributed by atoms with Gasteiger partial charge in [0, 0.05) is 12.8 Å². The maximum Gasteiger partial charge on any atom is 0.472 e. The van der Waals surface area contributed by atoms with Crippen LogP contribution in [0.2, 0.25) is 0 Å². The van der Waals surface area contributed by atoms with E-state index in [0.29, 0.717) is 23.9 Å². The van der Waals surface area contributed by atoms with Crippen molar-refractivity contribution in [2.75, 3.05) is 40.9 Å². The number of rotatable bonds is 50. The average Bonchev–Trinajstić information content (AvgIpc) is 3.29. The summed E-state index contributed by atoms with van der Waals surface area (Å²) in [5, 5.41) is 3.01. The number of amides is 1. The molecule has 0 heterocycles. The number of allylic oxidation sites excluding steroid dienone is 9. The van der Waals surface area contributed by atoms with Gasteiger partial charge in [0.05, 0.1) is 33.8 Å². The van der Waals surface area contributed by atoms with Gasteiger partial charge in [-0.3, -0.25) is 18.6 Å². The normalized spacial score (nSPS) is 14.3. The summed E-state index contributed by atoms with van der Waals surface area (Å²) in [5.74, 6) is -0.614. The van der Waals surface area contributed by atoms with Crippen LogP contribution in [0.15, 0.2) is 60.8 Å². The van der Waals surface area contributed by atoms with Gasteiger partial charge in [0.25, 0.3) is 0 Å². The molecule has 0 aromatic heterocycles. The van der Waals surface area contributed by atoms with Crippen molar-refractivity contribution < 1.29 is 37.3 Å². The molecular formula is C58H108N2O7P+. The highest BCUT2D eigenvalue weighted by Crippen LogP contribution is 2.43. The van der Waals surface area contributed by atoms with Crippen molar-refractivity contribution in [1.82, 2.24) is 5.32 Å². The average molecular weight is 976 g/mol. The molecular weight excluding hydrogens is 868 g/mol. The number of carbonyl (C=O) groups excluding carboxylic acids is 2. The van der Waals surface area contributed by atoms with Crippen LogP contribution >= 0.6 is 7.82 Å². The lowest BCUT2D eigenvalue weighted by Crippen LogP contribution is -2.47. The Hall–Kier alpha value is -2.29. The van der Waals surface area contributed by atoms with E-state index in [2.05, 4.69) is 68.6 Å². The topological polar surface area (TPSA) is 111 Å². The van der Waals surface area contributed by atoms with Crippen molar-refractivity contribution in [3.8, 4) is 0 Å². The predicted octanol–water partition coefficient (Wildman–Crippen LogP) is 16.7. The Bertz CT molecular complexity index is 1350. The van der Waals surface area contributed by atoms with Crippen LogP contribution in [0, 0.1) is 0 Å². The van der Waals surface area contributed by atoms with Crippen LogP contribution in [-0.2, 0) is 27.9 Å². The second-order valence-corrected chi connectivity index (χ2v) is 21.6. The minimum absolute atomic E-state index is 0.0265. The van der Waals surface area contributed by atoms with Crippen LogP contribution in [0.1, 0.15) is 245 Å². The third-order valence-corrected chi connectivity index (χ3v) is 13.2. The number of nitrogens with zero attached hydrogens (tertiary/aromatic N) is 1. The number of ether oxygens (including phenoxy) is 1. The molecule has 0 saturated heterocycles. The summed E-state index contributed by atoms with van der Waals surface area (Å²) < 4.78 is 30.5. The summed E-state index contributed by atoms with van der Waals surface area (Å²) >= 11 is 0. The molecule has 396 valence electrons. The summed E-state index contributed by atoms with van der Waals surface area (Å²) in [6, 6.07) is -0.884. The molecule has 3 atom stereocenters. The van der Waals surface area contributed by atoms with Crippen molar-refractivity contribution >= 4 is 19.7 Å². The van der Waals surface area contributed by atoms with E-state index < -0.39 is 25.9 Å². The fraction of sp³-hybridized carbons (Fsp3) is 0.793. The summed E-state index contributed by atoms with van der Waals surface area (Å²) in [7, 11) is 1.45. The quantitative estimate of drug-likeness (QED) is 0.0156. The monoisotopic (exact) mass is 976 g/mol. The van der Waals surface area contributed by atoms with Crippen molar-refractivity contribution in [1.29, 1.82) is 0 Å². The Kier molecular flexibility index (Phi) is 46.7. The molecule has 2 N–H and O–H groups in total. The minimum atomic E-state index is -4.46. The second kappa shape index (κ2) is 48.3. The highest BCUT2D eigenvalue weighted by atomic mass is 31.2. The number of phosphoric acid groups is 1. The fourth-order valence-corrected chi connectivity index (χ4v) is 8.54. The van der Waals surface area contributed by atoms with Gasteiger partial charge in [0.1, 0.15) is 19.3 Å². The smallest absolute Gasteiger partial charge is 0.456 e. The lowest BCUT2D eigenvalue weighted by atomic mass is 10.0. The molecule has 0 radical (unpaired) electrons. The number of unbranched alkanes of at least 4 members (excludes halogenated alkanes) is 27. The highest BCUT2D eigenvalue weighted by molar-refractivity contribution is 7.47. The fourth-order valence-electron chi connectivity index (χ4n) is 7.81. The first-order chi connectivity index (χ1) is 32.9. The summed E-state index contributed by atoms with van der Waals surface area (Å²) in [6.45, 7) is 6.93. The number of quaternary nitrogens is 1. The molecule has 0 saturated carbocycles. The van der Waals surface area contributed by atoms with Gasteiger partial charge >= 0.3 is 13.8 Å². The van der Waals surface area contributed by atoms with Crippen molar-refractivity contribution in [2.45, 2.75) is 258 Å². The van der Waals surface area contributed by atoms with Crippen LogP contribution in [0.3, 0.4) is 0 Å². The third-order valence-electron chi connectivity index (χ3n) is 12.2. The summed E-state index contributed by atoms with van der Waals surface area (Å²) in [4.78, 5) is 37.5. The molecule has 68 heavy (non-hydrogen) atoms. The standard InChI is InChI=1S/C58H107N2O7P/c1-7-10-13-16-19-22-25-28-29-30-33-35-38-41-44-47-50-57(61)59-55(54-66-68(63,64)65-53-52-60(4,5)6)56(49-46-43-40-37-34-31-26-23-20-17-14-11-8-2)67-58(62)51-48-45-42-39-36-32-27-24-21-18-15-12-9-3/h29-30,32-33,35-36,42,45-46,49,55-56H,7-28,31,34,37-41,43-44,47-48,50-54H2,1-6H3,(H-,59,61,63,64)/p+1/b30-29+,35-33+,36-32-,45-42+,49-46+. The molecule has 0 rings (SSSR count). The molecule has 10 heteroatoms. The number of esters is 1. The molecule has 9 nitrogen and oxygen atoms in total. The van der Waals surface area contributed by atoms with Gasteiger partial charge < -0.3 is 19.4 Å². The summed E-state index contributed by atoms with van der Waals surface area (Å²) in [6.07, 6.45) is 59.4. The maximum atomic E-state index is 13.5. The molecule has 0 aromatic carbocycles. The molecule has 0 aliphatic carbocycles. The maximum absolute atomic E-state index is 13.5. The van der Waals surface area contributed by atoms with Gasteiger partial charge in [-0.25, -0.2) is 4.57 Å². The van der Waals surface area contributed by atoms with E-state index in [-0.39, 0.29) is 32.0 Å². The van der Waals surface area contributed by atoms with Crippen LogP contribution in [0.25, 0.3) is 0 Å². The highest BCUT2D eigenvalue weighted by Gasteiger charge is 2.30. The van der Waals surface area contributed by atoms with E-state index in [1.807, 2.05) is 39.4 Å². The SMILES string of the molecule is CCCCCCCC/C=C\C/C=C/CCC(=O)OC(/C=C/CCCCCCCCCCCCC)C(COP(=O)(O)OCC[N+](C)(C)C)NC(=O)CCCCC/C=C/C=C/CCCCCCCCC. The first-order valence-electron chi connectivity index (χ1n) is 28.1. The number of phosphoric ester groups is 1. The third kappa shape index (κ3) is 48.7. The molecule has 3 unspecified atom stereocenters. The second-order valence-electron chi connectivity index (χ2n) is 20.1. The molecule has 0 bridgehead atoms. The zero-order chi connectivity index (χ0) is 50.1. The Morgan fingerprint density at radius 1 is 0.529 bits per heavy atom. The molecule has 0 fully saturated rings. The van der Waals surface area contributed by atoms with Gasteiger partial charge in [0.2, 0.25) is 5.91 Å². The Labute approximate surface area is 420 Å². The number of hydrogen-bond acceptors (Lipinski definition) is 6. The Balaban J connectivity index is 5.51. The van der Waals surface area contributed by atoms with Crippen molar-refractivity contribution in [3.05, 3.63) is 60.8 Å². The number of carbonyl (C=O) groups is 2. The van der Waals surface area contributed by atoms with E-state index in [0.717, 1.165) is 57.8 Å². The van der Waals surface area contributed by atoms with E-state index in [1.54, 1.807) is 0 Å². The minimum Gasteiger partial charge on any atom is -0.456 e. The first-order valence-corrected chi connectivity index (χ1v) is 29.6. The number of likely N-dealkylation sites (N-methyl/N-ethyl adjacent to an activating group) is 1. The lowest BCUT2D eigenvalue weighted by Gasteiger charge is -2.27. The van der Waals surface area contributed by atoms with E-state index >= 15 is 0 Å². The predicted molar refractivity (Wildman–Crippen MR) is 291 cm³/mol. The van der Waals surface area contributed by atoms with Gasteiger partial charge in [-0.1, -0.05) is 217 Å². The van der Waals surface area contributed by atoms with Crippen LogP contribution in [-0.4, -0.2) is 74.3 Å². The molecule has 0 aliphatic heterocycles. The zero-order valence-corrected chi connectivity index (χ0v) is 46.0.